The van der Waals surface area contributed by atoms with Crippen LogP contribution in [0.5, 0.6) is 0 Å². The zero-order valence-corrected chi connectivity index (χ0v) is 23.1. The molecule has 1 aromatic carbocycles. The fourth-order valence-corrected chi connectivity index (χ4v) is 5.51. The van der Waals surface area contributed by atoms with Crippen molar-refractivity contribution in [3.63, 3.8) is 0 Å². The van der Waals surface area contributed by atoms with Gasteiger partial charge in [0.2, 0.25) is 0 Å². The Morgan fingerprint density at radius 2 is 1.45 bits per heavy atom. The number of aromatic nitrogens is 2. The van der Waals surface area contributed by atoms with Crippen molar-refractivity contribution in [1.29, 1.82) is 0 Å². The van der Waals surface area contributed by atoms with Gasteiger partial charge in [-0.2, -0.15) is 0 Å². The highest BCUT2D eigenvalue weighted by molar-refractivity contribution is 5.91. The fraction of sp³-hybridized carbons (Fsp3) is 0.364. The van der Waals surface area contributed by atoms with E-state index in [0.29, 0.717) is 25.3 Å². The Bertz CT molecular complexity index is 1380. The van der Waals surface area contributed by atoms with E-state index in [4.69, 9.17) is 4.42 Å². The predicted molar refractivity (Wildman–Crippen MR) is 150 cm³/mol. The van der Waals surface area contributed by atoms with E-state index >= 15 is 0 Å². The average molecular weight is 508 g/mol. The molecular weight excluding hydrogens is 470 g/mol. The third-order valence-electron chi connectivity index (χ3n) is 8.03. The van der Waals surface area contributed by atoms with Gasteiger partial charge >= 0.3 is 0 Å². The number of fused-ring (bicyclic) bond motifs is 1. The van der Waals surface area contributed by atoms with E-state index in [1.54, 1.807) is 35.8 Å². The molecule has 0 bridgehead atoms. The quantitative estimate of drug-likeness (QED) is 0.266. The van der Waals surface area contributed by atoms with Crippen LogP contribution in [-0.4, -0.2) is 20.8 Å². The molecule has 0 fully saturated rings. The molecule has 5 rings (SSSR count). The molecule has 1 aliphatic rings. The fourth-order valence-electron chi connectivity index (χ4n) is 5.51. The molecule has 4 aromatic rings. The van der Waals surface area contributed by atoms with E-state index in [1.165, 1.54) is 35.1 Å². The standard InChI is InChI=1S/C33H37N3O2/c1-23-16-28-29(33(4,5)13-12-32(28,2)3)18-26(23)17-27-10-11-30(38-27)31(37)36(21-24-8-6-14-34-19-24)22-25-9-7-15-35-20-25/h6-11,14-16,18-20H,12-13,17,21-22H2,1-5H3. The molecule has 38 heavy (non-hydrogen) atoms. The van der Waals surface area contributed by atoms with Gasteiger partial charge in [-0.05, 0) is 88.2 Å². The van der Waals surface area contributed by atoms with Gasteiger partial charge in [0.25, 0.3) is 5.91 Å². The van der Waals surface area contributed by atoms with Crippen LogP contribution in [0.3, 0.4) is 0 Å². The molecule has 0 unspecified atom stereocenters. The van der Waals surface area contributed by atoms with E-state index in [0.717, 1.165) is 16.9 Å². The first-order valence-corrected chi connectivity index (χ1v) is 13.4. The lowest BCUT2D eigenvalue weighted by Crippen LogP contribution is -2.34. The summed E-state index contributed by atoms with van der Waals surface area (Å²) in [6, 6.07) is 16.2. The van der Waals surface area contributed by atoms with Crippen LogP contribution in [0, 0.1) is 6.92 Å². The van der Waals surface area contributed by atoms with Crippen molar-refractivity contribution < 1.29 is 9.21 Å². The van der Waals surface area contributed by atoms with Crippen molar-refractivity contribution in [3.8, 4) is 0 Å². The van der Waals surface area contributed by atoms with Crippen molar-refractivity contribution >= 4 is 5.91 Å². The van der Waals surface area contributed by atoms with Gasteiger partial charge in [-0.1, -0.05) is 52.0 Å². The Labute approximate surface area is 225 Å². The molecular formula is C33H37N3O2. The van der Waals surface area contributed by atoms with Crippen molar-refractivity contribution in [3.05, 3.63) is 118 Å². The molecule has 196 valence electrons. The topological polar surface area (TPSA) is 59.2 Å². The van der Waals surface area contributed by atoms with Crippen LogP contribution in [-0.2, 0) is 30.3 Å². The summed E-state index contributed by atoms with van der Waals surface area (Å²) in [5, 5.41) is 0. The molecule has 5 nitrogen and oxygen atoms in total. The number of carbonyl (C=O) groups is 1. The summed E-state index contributed by atoms with van der Waals surface area (Å²) >= 11 is 0. The second kappa shape index (κ2) is 10.2. The highest BCUT2D eigenvalue weighted by Crippen LogP contribution is 2.46. The van der Waals surface area contributed by atoms with Gasteiger partial charge in [-0.15, -0.1) is 0 Å². The summed E-state index contributed by atoms with van der Waals surface area (Å²) < 4.78 is 6.18. The molecule has 5 heteroatoms. The smallest absolute Gasteiger partial charge is 0.290 e. The number of amides is 1. The Kier molecular flexibility index (Phi) is 6.95. The minimum absolute atomic E-state index is 0.144. The maximum absolute atomic E-state index is 13.6. The summed E-state index contributed by atoms with van der Waals surface area (Å²) in [7, 11) is 0. The number of pyridine rings is 2. The van der Waals surface area contributed by atoms with Gasteiger partial charge in [-0.25, -0.2) is 0 Å². The average Bonchev–Trinajstić information content (AvgIpc) is 3.37. The van der Waals surface area contributed by atoms with Crippen molar-refractivity contribution in [2.45, 2.75) is 77.8 Å². The Morgan fingerprint density at radius 1 is 0.868 bits per heavy atom. The Morgan fingerprint density at radius 3 is 2.00 bits per heavy atom. The molecule has 0 spiro atoms. The van der Waals surface area contributed by atoms with Gasteiger partial charge in [0.15, 0.2) is 5.76 Å². The lowest BCUT2D eigenvalue weighted by Gasteiger charge is -2.42. The van der Waals surface area contributed by atoms with Crippen molar-refractivity contribution in [1.82, 2.24) is 14.9 Å². The summed E-state index contributed by atoms with van der Waals surface area (Å²) in [5.74, 6) is 1.01. The molecule has 3 aromatic heterocycles. The molecule has 0 N–H and O–H groups in total. The number of nitrogens with zero attached hydrogens (tertiary/aromatic N) is 3. The van der Waals surface area contributed by atoms with E-state index in [-0.39, 0.29) is 16.7 Å². The van der Waals surface area contributed by atoms with Crippen LogP contribution >= 0.6 is 0 Å². The highest BCUT2D eigenvalue weighted by atomic mass is 16.4. The lowest BCUT2D eigenvalue weighted by molar-refractivity contribution is 0.0695. The molecule has 0 atom stereocenters. The largest absolute Gasteiger partial charge is 0.456 e. The zero-order chi connectivity index (χ0) is 26.9. The second-order valence-corrected chi connectivity index (χ2v) is 11.9. The van der Waals surface area contributed by atoms with Crippen LogP contribution in [0.15, 0.2) is 77.7 Å². The SMILES string of the molecule is Cc1cc2c(cc1Cc1ccc(C(=O)N(Cc3cccnc3)Cc3cccnc3)o1)C(C)(C)CCC2(C)C. The third-order valence-corrected chi connectivity index (χ3v) is 8.03. The summed E-state index contributed by atoms with van der Waals surface area (Å²) in [4.78, 5) is 23.8. The molecule has 0 saturated carbocycles. The monoisotopic (exact) mass is 507 g/mol. The summed E-state index contributed by atoms with van der Waals surface area (Å²) in [6.45, 7) is 12.5. The summed E-state index contributed by atoms with van der Waals surface area (Å²) in [5.41, 5.74) is 7.70. The molecule has 0 radical (unpaired) electrons. The minimum Gasteiger partial charge on any atom is -0.456 e. The first kappa shape index (κ1) is 25.9. The predicted octanol–water partition coefficient (Wildman–Crippen LogP) is 7.16. The van der Waals surface area contributed by atoms with E-state index in [2.05, 4.69) is 56.7 Å². The van der Waals surface area contributed by atoms with Crippen molar-refractivity contribution in [2.75, 3.05) is 0 Å². The van der Waals surface area contributed by atoms with Crippen molar-refractivity contribution in [2.24, 2.45) is 0 Å². The van der Waals surface area contributed by atoms with Crippen LogP contribution in [0.25, 0.3) is 0 Å². The Balaban J connectivity index is 1.40. The number of benzene rings is 1. The highest BCUT2D eigenvalue weighted by Gasteiger charge is 2.37. The third kappa shape index (κ3) is 5.42. The van der Waals surface area contributed by atoms with Gasteiger partial charge in [0.1, 0.15) is 5.76 Å². The van der Waals surface area contributed by atoms with E-state index < -0.39 is 0 Å². The van der Waals surface area contributed by atoms with Crippen LogP contribution in [0.1, 0.15) is 90.2 Å². The lowest BCUT2D eigenvalue weighted by atomic mass is 9.62. The molecule has 0 saturated heterocycles. The first-order valence-electron chi connectivity index (χ1n) is 13.4. The molecule has 0 aliphatic heterocycles. The number of furan rings is 1. The second-order valence-electron chi connectivity index (χ2n) is 11.9. The maximum atomic E-state index is 13.6. The van der Waals surface area contributed by atoms with Crippen LogP contribution < -0.4 is 0 Å². The maximum Gasteiger partial charge on any atom is 0.290 e. The molecule has 3 heterocycles. The number of hydrogen-bond donors (Lipinski definition) is 0. The number of rotatable bonds is 7. The minimum atomic E-state index is -0.144. The van der Waals surface area contributed by atoms with Gasteiger partial charge in [0.05, 0.1) is 0 Å². The molecule has 1 aliphatic carbocycles. The van der Waals surface area contributed by atoms with E-state index in [9.17, 15) is 4.79 Å². The normalized spacial score (nSPS) is 15.6. The van der Waals surface area contributed by atoms with Gasteiger partial charge in [-0.3, -0.25) is 14.8 Å². The van der Waals surface area contributed by atoms with E-state index in [1.807, 2.05) is 30.3 Å². The van der Waals surface area contributed by atoms with Gasteiger partial charge in [0, 0.05) is 44.3 Å². The first-order chi connectivity index (χ1) is 18.1. The summed E-state index contributed by atoms with van der Waals surface area (Å²) in [6.07, 6.45) is 10.1. The number of aryl methyl sites for hydroxylation is 1. The van der Waals surface area contributed by atoms with Crippen LogP contribution in [0.2, 0.25) is 0 Å². The zero-order valence-electron chi connectivity index (χ0n) is 23.1. The van der Waals surface area contributed by atoms with Crippen LogP contribution in [0.4, 0.5) is 0 Å². The van der Waals surface area contributed by atoms with Gasteiger partial charge < -0.3 is 9.32 Å². The number of hydrogen-bond acceptors (Lipinski definition) is 4. The Hall–Kier alpha value is -3.73. The number of carbonyl (C=O) groups excluding carboxylic acids is 1. The molecule has 1 amide bonds.